The number of nitrogens with zero attached hydrogens (tertiary/aromatic N) is 2. The Kier molecular flexibility index (Phi) is 5.74. The van der Waals surface area contributed by atoms with Gasteiger partial charge in [0.15, 0.2) is 0 Å². The summed E-state index contributed by atoms with van der Waals surface area (Å²) in [6, 6.07) is 21.2. The maximum absolute atomic E-state index is 13.3. The van der Waals surface area contributed by atoms with Crippen molar-refractivity contribution in [1.82, 2.24) is 4.90 Å². The van der Waals surface area contributed by atoms with Gasteiger partial charge in [0.05, 0.1) is 11.3 Å². The van der Waals surface area contributed by atoms with Crippen molar-refractivity contribution in [3.8, 4) is 0 Å². The van der Waals surface area contributed by atoms with Gasteiger partial charge in [0, 0.05) is 6.54 Å². The molecule has 1 fully saturated rings. The third-order valence-corrected chi connectivity index (χ3v) is 5.96. The number of imide groups is 1. The zero-order chi connectivity index (χ0) is 23.8. The van der Waals surface area contributed by atoms with Gasteiger partial charge in [-0.2, -0.15) is 13.2 Å². The van der Waals surface area contributed by atoms with Gasteiger partial charge in [0.1, 0.15) is 5.54 Å². The van der Waals surface area contributed by atoms with Crippen LogP contribution in [0.2, 0.25) is 0 Å². The van der Waals surface area contributed by atoms with Crippen LogP contribution in [-0.2, 0) is 23.9 Å². The number of anilines is 1. The first kappa shape index (κ1) is 22.6. The summed E-state index contributed by atoms with van der Waals surface area (Å²) in [5.41, 5.74) is 1.19. The van der Waals surface area contributed by atoms with E-state index in [0.29, 0.717) is 6.42 Å². The van der Waals surface area contributed by atoms with Crippen molar-refractivity contribution >= 4 is 17.6 Å². The van der Waals surface area contributed by atoms with E-state index in [1.165, 1.54) is 4.90 Å². The van der Waals surface area contributed by atoms with Crippen LogP contribution >= 0.6 is 0 Å². The number of carbonyl (C=O) groups is 2. The molecular weight excluding hydrogens is 429 g/mol. The van der Waals surface area contributed by atoms with Crippen LogP contribution in [0, 0.1) is 0 Å². The Morgan fingerprint density at radius 1 is 0.788 bits per heavy atom. The molecule has 3 amide bonds. The normalized spacial score (nSPS) is 15.9. The molecule has 0 bridgehead atoms. The molecule has 0 atom stereocenters. The molecule has 7 heteroatoms. The average molecular weight is 452 g/mol. The van der Waals surface area contributed by atoms with Gasteiger partial charge >= 0.3 is 12.2 Å². The molecule has 1 aliphatic rings. The van der Waals surface area contributed by atoms with E-state index in [-0.39, 0.29) is 12.2 Å². The maximum Gasteiger partial charge on any atom is 0.416 e. The molecule has 0 saturated carbocycles. The van der Waals surface area contributed by atoms with Crippen LogP contribution in [0.5, 0.6) is 0 Å². The first-order chi connectivity index (χ1) is 15.6. The lowest BCUT2D eigenvalue weighted by Gasteiger charge is -2.28. The van der Waals surface area contributed by atoms with E-state index in [1.807, 2.05) is 54.6 Å². The lowest BCUT2D eigenvalue weighted by molar-refractivity contribution is -0.137. The monoisotopic (exact) mass is 452 g/mol. The second-order valence-electron chi connectivity index (χ2n) is 8.54. The molecule has 1 saturated heterocycles. The Labute approximate surface area is 190 Å². The van der Waals surface area contributed by atoms with Crippen molar-refractivity contribution in [3.05, 3.63) is 101 Å². The van der Waals surface area contributed by atoms with Gasteiger partial charge in [-0.1, -0.05) is 54.6 Å². The van der Waals surface area contributed by atoms with Crippen LogP contribution in [0.25, 0.3) is 0 Å². The Bertz CT molecular complexity index is 1170. The van der Waals surface area contributed by atoms with Gasteiger partial charge in [-0.05, 0) is 61.2 Å². The first-order valence-corrected chi connectivity index (χ1v) is 10.5. The molecule has 170 valence electrons. The molecule has 0 aromatic heterocycles. The standard InChI is InChI=1S/C26H23F3N2O2/c1-25(2)23(32)31(22-14-12-21(13-15-22)26(27,28)29)24(33)30(25)17-20-11-7-6-10-19(20)16-18-8-4-3-5-9-18/h3-15H,16-17H2,1-2H3. The van der Waals surface area contributed by atoms with Crippen molar-refractivity contribution < 1.29 is 22.8 Å². The number of amides is 3. The number of alkyl halides is 3. The van der Waals surface area contributed by atoms with Crippen molar-refractivity contribution in [2.24, 2.45) is 0 Å². The minimum atomic E-state index is -4.49. The fraction of sp³-hybridized carbons (Fsp3) is 0.231. The molecule has 4 nitrogen and oxygen atoms in total. The molecule has 3 aromatic carbocycles. The number of hydrogen-bond donors (Lipinski definition) is 0. The van der Waals surface area contributed by atoms with E-state index < -0.39 is 29.2 Å². The van der Waals surface area contributed by atoms with Crippen LogP contribution in [0.15, 0.2) is 78.9 Å². The minimum Gasteiger partial charge on any atom is -0.305 e. The molecule has 0 unspecified atom stereocenters. The summed E-state index contributed by atoms with van der Waals surface area (Å²) in [5, 5.41) is 0. The minimum absolute atomic E-state index is 0.117. The lowest BCUT2D eigenvalue weighted by Crippen LogP contribution is -2.43. The Morgan fingerprint density at radius 3 is 1.97 bits per heavy atom. The maximum atomic E-state index is 13.3. The number of benzene rings is 3. The third kappa shape index (κ3) is 4.35. The van der Waals surface area contributed by atoms with Crippen LogP contribution in [0.3, 0.4) is 0 Å². The molecule has 3 aromatic rings. The highest BCUT2D eigenvalue weighted by molar-refractivity contribution is 6.22. The number of hydrogen-bond acceptors (Lipinski definition) is 2. The van der Waals surface area contributed by atoms with E-state index >= 15 is 0 Å². The zero-order valence-electron chi connectivity index (χ0n) is 18.3. The number of rotatable bonds is 5. The molecule has 4 rings (SSSR count). The van der Waals surface area contributed by atoms with Crippen LogP contribution < -0.4 is 4.90 Å². The summed E-state index contributed by atoms with van der Waals surface area (Å²) in [5.74, 6) is -0.479. The van der Waals surface area contributed by atoms with Gasteiger partial charge in [-0.25, -0.2) is 9.69 Å². The quantitative estimate of drug-likeness (QED) is 0.443. The van der Waals surface area contributed by atoms with E-state index in [9.17, 15) is 22.8 Å². The molecule has 1 aliphatic heterocycles. The fourth-order valence-electron chi connectivity index (χ4n) is 4.00. The highest BCUT2D eigenvalue weighted by atomic mass is 19.4. The van der Waals surface area contributed by atoms with Crippen LogP contribution in [0.1, 0.15) is 36.1 Å². The fourth-order valence-corrected chi connectivity index (χ4v) is 4.00. The predicted molar refractivity (Wildman–Crippen MR) is 120 cm³/mol. The summed E-state index contributed by atoms with van der Waals surface area (Å²) < 4.78 is 38.7. The number of carbonyl (C=O) groups excluding carboxylic acids is 2. The van der Waals surface area contributed by atoms with Gasteiger partial charge in [0.2, 0.25) is 0 Å². The largest absolute Gasteiger partial charge is 0.416 e. The van der Waals surface area contributed by atoms with Crippen molar-refractivity contribution in [1.29, 1.82) is 0 Å². The molecule has 0 N–H and O–H groups in total. The number of halogens is 3. The molecule has 0 radical (unpaired) electrons. The highest BCUT2D eigenvalue weighted by Gasteiger charge is 2.51. The molecule has 0 spiro atoms. The second-order valence-corrected chi connectivity index (χ2v) is 8.54. The van der Waals surface area contributed by atoms with Crippen molar-refractivity contribution in [3.63, 3.8) is 0 Å². The molecule has 0 aliphatic carbocycles. The van der Waals surface area contributed by atoms with E-state index in [4.69, 9.17) is 0 Å². The molecule has 33 heavy (non-hydrogen) atoms. The molecular formula is C26H23F3N2O2. The topological polar surface area (TPSA) is 40.6 Å². The SMILES string of the molecule is CC1(C)C(=O)N(c2ccc(C(F)(F)F)cc2)C(=O)N1Cc1ccccc1Cc1ccccc1. The Hall–Kier alpha value is -3.61. The first-order valence-electron chi connectivity index (χ1n) is 10.5. The van der Waals surface area contributed by atoms with E-state index in [1.54, 1.807) is 13.8 Å². The predicted octanol–water partition coefficient (Wildman–Crippen LogP) is 6.04. The Balaban J connectivity index is 1.62. The van der Waals surface area contributed by atoms with E-state index in [0.717, 1.165) is 45.9 Å². The van der Waals surface area contributed by atoms with Crippen LogP contribution in [-0.4, -0.2) is 22.4 Å². The lowest BCUT2D eigenvalue weighted by atomic mass is 9.97. The van der Waals surface area contributed by atoms with Crippen molar-refractivity contribution in [2.75, 3.05) is 4.90 Å². The molecule has 1 heterocycles. The zero-order valence-corrected chi connectivity index (χ0v) is 18.3. The van der Waals surface area contributed by atoms with Gasteiger partial charge in [-0.3, -0.25) is 4.79 Å². The smallest absolute Gasteiger partial charge is 0.305 e. The van der Waals surface area contributed by atoms with Gasteiger partial charge < -0.3 is 4.90 Å². The summed E-state index contributed by atoms with van der Waals surface area (Å²) in [6.45, 7) is 3.51. The summed E-state index contributed by atoms with van der Waals surface area (Å²) >= 11 is 0. The summed E-state index contributed by atoms with van der Waals surface area (Å²) in [7, 11) is 0. The van der Waals surface area contributed by atoms with Gasteiger partial charge in [-0.15, -0.1) is 0 Å². The van der Waals surface area contributed by atoms with Crippen LogP contribution in [0.4, 0.5) is 23.7 Å². The van der Waals surface area contributed by atoms with Gasteiger partial charge in [0.25, 0.3) is 5.91 Å². The summed E-state index contributed by atoms with van der Waals surface area (Å²) in [6.07, 6.45) is -3.82. The third-order valence-electron chi connectivity index (χ3n) is 5.96. The highest BCUT2D eigenvalue weighted by Crippen LogP contribution is 2.36. The van der Waals surface area contributed by atoms with E-state index in [2.05, 4.69) is 0 Å². The average Bonchev–Trinajstić information content (AvgIpc) is 2.94. The van der Waals surface area contributed by atoms with Crippen molar-refractivity contribution in [2.45, 2.75) is 38.5 Å². The second kappa shape index (κ2) is 8.39. The summed E-state index contributed by atoms with van der Waals surface area (Å²) in [4.78, 5) is 28.9. The Morgan fingerprint density at radius 2 is 1.36 bits per heavy atom. The number of urea groups is 1.